The highest BCUT2D eigenvalue weighted by Crippen LogP contribution is 2.17. The number of carboxylic acids is 1. The Balaban J connectivity index is 2.05. The molecule has 0 saturated carbocycles. The van der Waals surface area contributed by atoms with Gasteiger partial charge < -0.3 is 10.0 Å². The quantitative estimate of drug-likeness (QED) is 0.721. The number of rotatable bonds is 2. The molecule has 0 unspecified atom stereocenters. The average Bonchev–Trinajstić information content (AvgIpc) is 2.81. The first-order valence-corrected chi connectivity index (χ1v) is 5.06. The molecular formula is C9H12N4O3. The normalized spacial score (nSPS) is 20.8. The van der Waals surface area contributed by atoms with Gasteiger partial charge in [0, 0.05) is 13.1 Å². The summed E-state index contributed by atoms with van der Waals surface area (Å²) in [6, 6.07) is 0. The van der Waals surface area contributed by atoms with E-state index in [0.717, 1.165) is 0 Å². The fraction of sp³-hybridized carbons (Fsp3) is 0.556. The van der Waals surface area contributed by atoms with Crippen LogP contribution in [0.2, 0.25) is 0 Å². The second kappa shape index (κ2) is 4.30. The molecule has 1 amide bonds. The molecule has 1 aliphatic rings. The highest BCUT2D eigenvalue weighted by Gasteiger charge is 2.29. The number of aliphatic carboxylic acids is 1. The summed E-state index contributed by atoms with van der Waals surface area (Å²) >= 11 is 0. The molecule has 86 valence electrons. The van der Waals surface area contributed by atoms with Gasteiger partial charge in [0.2, 0.25) is 5.82 Å². The summed E-state index contributed by atoms with van der Waals surface area (Å²) in [5.41, 5.74) is 0. The fourth-order valence-electron chi connectivity index (χ4n) is 1.82. The smallest absolute Gasteiger partial charge is 0.308 e. The van der Waals surface area contributed by atoms with Crippen LogP contribution in [0.1, 0.15) is 23.5 Å². The molecule has 0 aromatic carbocycles. The Morgan fingerprint density at radius 1 is 1.56 bits per heavy atom. The first-order chi connectivity index (χ1) is 7.68. The zero-order valence-electron chi connectivity index (χ0n) is 8.59. The number of aromatic nitrogens is 3. The lowest BCUT2D eigenvalue weighted by Gasteiger charge is -2.29. The Hall–Kier alpha value is -1.92. The Labute approximate surface area is 91.5 Å². The summed E-state index contributed by atoms with van der Waals surface area (Å²) in [5, 5.41) is 15.0. The van der Waals surface area contributed by atoms with Crippen molar-refractivity contribution in [2.45, 2.75) is 12.8 Å². The van der Waals surface area contributed by atoms with E-state index in [1.54, 1.807) is 0 Å². The molecule has 1 aromatic rings. The summed E-state index contributed by atoms with van der Waals surface area (Å²) in [4.78, 5) is 27.9. The van der Waals surface area contributed by atoms with Crippen LogP contribution >= 0.6 is 0 Å². The van der Waals surface area contributed by atoms with E-state index in [9.17, 15) is 9.59 Å². The highest BCUT2D eigenvalue weighted by atomic mass is 16.4. The lowest BCUT2D eigenvalue weighted by Crippen LogP contribution is -2.42. The number of hydrogen-bond acceptors (Lipinski definition) is 4. The van der Waals surface area contributed by atoms with Crippen molar-refractivity contribution in [3.05, 3.63) is 12.2 Å². The van der Waals surface area contributed by atoms with Gasteiger partial charge >= 0.3 is 5.97 Å². The van der Waals surface area contributed by atoms with E-state index in [-0.39, 0.29) is 18.3 Å². The predicted octanol–water partition coefficient (Wildman–Crippen LogP) is -0.259. The molecule has 2 N–H and O–H groups in total. The van der Waals surface area contributed by atoms with Crippen LogP contribution in [-0.4, -0.2) is 50.2 Å². The van der Waals surface area contributed by atoms with Gasteiger partial charge in [-0.25, -0.2) is 4.98 Å². The van der Waals surface area contributed by atoms with Crippen molar-refractivity contribution in [2.75, 3.05) is 13.1 Å². The maximum atomic E-state index is 11.8. The van der Waals surface area contributed by atoms with Crippen LogP contribution in [0.15, 0.2) is 6.33 Å². The van der Waals surface area contributed by atoms with Crippen molar-refractivity contribution in [1.82, 2.24) is 20.1 Å². The van der Waals surface area contributed by atoms with E-state index in [1.165, 1.54) is 11.2 Å². The first kappa shape index (κ1) is 10.6. The summed E-state index contributed by atoms with van der Waals surface area (Å²) in [6.45, 7) is 0.818. The molecule has 1 fully saturated rings. The Morgan fingerprint density at radius 2 is 2.38 bits per heavy atom. The third-order valence-electron chi connectivity index (χ3n) is 2.68. The van der Waals surface area contributed by atoms with Crippen LogP contribution in [0, 0.1) is 5.92 Å². The SMILES string of the molecule is O=C(O)[C@H]1CCCN(C(=O)c2ncn[nH]2)C1. The number of aromatic amines is 1. The van der Waals surface area contributed by atoms with Gasteiger partial charge in [0.25, 0.3) is 5.91 Å². The summed E-state index contributed by atoms with van der Waals surface area (Å²) < 4.78 is 0. The van der Waals surface area contributed by atoms with E-state index in [0.29, 0.717) is 19.4 Å². The largest absolute Gasteiger partial charge is 0.481 e. The number of carboxylic acid groups (broad SMARTS) is 1. The average molecular weight is 224 g/mol. The molecule has 2 rings (SSSR count). The number of nitrogens with one attached hydrogen (secondary N) is 1. The van der Waals surface area contributed by atoms with E-state index in [2.05, 4.69) is 15.2 Å². The van der Waals surface area contributed by atoms with Crippen molar-refractivity contribution in [2.24, 2.45) is 5.92 Å². The maximum Gasteiger partial charge on any atom is 0.308 e. The molecule has 16 heavy (non-hydrogen) atoms. The van der Waals surface area contributed by atoms with Gasteiger partial charge in [-0.05, 0) is 12.8 Å². The Kier molecular flexibility index (Phi) is 2.84. The monoisotopic (exact) mass is 224 g/mol. The van der Waals surface area contributed by atoms with Gasteiger partial charge in [0.1, 0.15) is 6.33 Å². The molecule has 7 nitrogen and oxygen atoms in total. The van der Waals surface area contributed by atoms with Crippen molar-refractivity contribution in [3.63, 3.8) is 0 Å². The van der Waals surface area contributed by atoms with Crippen molar-refractivity contribution in [1.29, 1.82) is 0 Å². The molecule has 1 aliphatic heterocycles. The molecular weight excluding hydrogens is 212 g/mol. The van der Waals surface area contributed by atoms with E-state index < -0.39 is 11.9 Å². The molecule has 1 saturated heterocycles. The second-order valence-corrected chi connectivity index (χ2v) is 3.76. The molecule has 1 aromatic heterocycles. The zero-order valence-corrected chi connectivity index (χ0v) is 8.59. The first-order valence-electron chi connectivity index (χ1n) is 5.06. The highest BCUT2D eigenvalue weighted by molar-refractivity contribution is 5.90. The van der Waals surface area contributed by atoms with Crippen molar-refractivity contribution in [3.8, 4) is 0 Å². The number of piperidine rings is 1. The number of carbonyl (C=O) groups excluding carboxylic acids is 1. The standard InChI is InChI=1S/C9H12N4O3/c14-8(7-10-5-11-12-7)13-3-1-2-6(4-13)9(15)16/h5-6H,1-4H2,(H,15,16)(H,10,11,12)/t6-/m0/s1. The molecule has 7 heteroatoms. The van der Waals surface area contributed by atoms with Crippen LogP contribution in [0.3, 0.4) is 0 Å². The van der Waals surface area contributed by atoms with Crippen LogP contribution in [0.25, 0.3) is 0 Å². The van der Waals surface area contributed by atoms with E-state index >= 15 is 0 Å². The molecule has 1 atom stereocenters. The number of H-pyrrole nitrogens is 1. The van der Waals surface area contributed by atoms with Gasteiger partial charge in [-0.15, -0.1) is 0 Å². The number of nitrogens with zero attached hydrogens (tertiary/aromatic N) is 3. The van der Waals surface area contributed by atoms with Crippen molar-refractivity contribution >= 4 is 11.9 Å². The van der Waals surface area contributed by atoms with Gasteiger partial charge in [-0.2, -0.15) is 5.10 Å². The fourth-order valence-corrected chi connectivity index (χ4v) is 1.82. The molecule has 0 radical (unpaired) electrons. The number of amides is 1. The summed E-state index contributed by atoms with van der Waals surface area (Å²) in [5.74, 6) is -1.45. The summed E-state index contributed by atoms with van der Waals surface area (Å²) in [7, 11) is 0. The number of hydrogen-bond donors (Lipinski definition) is 2. The van der Waals surface area contributed by atoms with Crippen LogP contribution in [0.5, 0.6) is 0 Å². The minimum Gasteiger partial charge on any atom is -0.481 e. The number of likely N-dealkylation sites (tertiary alicyclic amines) is 1. The lowest BCUT2D eigenvalue weighted by atomic mass is 9.98. The molecule has 0 aliphatic carbocycles. The molecule has 0 spiro atoms. The molecule has 0 bridgehead atoms. The minimum absolute atomic E-state index is 0.158. The van der Waals surface area contributed by atoms with Crippen LogP contribution in [0.4, 0.5) is 0 Å². The second-order valence-electron chi connectivity index (χ2n) is 3.76. The minimum atomic E-state index is -0.852. The number of carbonyl (C=O) groups is 2. The zero-order chi connectivity index (χ0) is 11.5. The van der Waals surface area contributed by atoms with Gasteiger partial charge in [0.05, 0.1) is 5.92 Å². The summed E-state index contributed by atoms with van der Waals surface area (Å²) in [6.07, 6.45) is 2.58. The third kappa shape index (κ3) is 2.02. The Bertz CT molecular complexity index is 389. The van der Waals surface area contributed by atoms with Gasteiger partial charge in [-0.3, -0.25) is 14.7 Å². The topological polar surface area (TPSA) is 99.2 Å². The van der Waals surface area contributed by atoms with Crippen molar-refractivity contribution < 1.29 is 14.7 Å². The van der Waals surface area contributed by atoms with Gasteiger partial charge in [-0.1, -0.05) is 0 Å². The molecule has 2 heterocycles. The lowest BCUT2D eigenvalue weighted by molar-refractivity contribution is -0.143. The van der Waals surface area contributed by atoms with E-state index in [1.807, 2.05) is 0 Å². The predicted molar refractivity (Wildman–Crippen MR) is 52.6 cm³/mol. The van der Waals surface area contributed by atoms with E-state index in [4.69, 9.17) is 5.11 Å². The third-order valence-corrected chi connectivity index (χ3v) is 2.68. The van der Waals surface area contributed by atoms with Gasteiger partial charge in [0.15, 0.2) is 0 Å². The Morgan fingerprint density at radius 3 is 3.00 bits per heavy atom. The van der Waals surface area contributed by atoms with Crippen LogP contribution < -0.4 is 0 Å². The maximum absolute atomic E-state index is 11.8. The van der Waals surface area contributed by atoms with Crippen LogP contribution in [-0.2, 0) is 4.79 Å².